The average Bonchev–Trinajstić information content (AvgIpc) is 2.96. The number of rotatable bonds is 4. The maximum Gasteiger partial charge on any atom is 0.340 e. The number of nitrogens with one attached hydrogen (secondary N) is 1. The number of ether oxygens (including phenoxy) is 1. The number of hydrogen-bond acceptors (Lipinski definition) is 8. The second kappa shape index (κ2) is 6.51. The lowest BCUT2D eigenvalue weighted by atomic mass is 10.2. The van der Waals surface area contributed by atoms with Gasteiger partial charge in [-0.15, -0.1) is 4.40 Å². The first-order chi connectivity index (χ1) is 11.8. The lowest BCUT2D eigenvalue weighted by Crippen LogP contribution is -2.37. The number of carbonyl (C=O) groups excluding carboxylic acids is 2. The number of aromatic nitrogens is 1. The van der Waals surface area contributed by atoms with Crippen molar-refractivity contribution in [2.24, 2.45) is 4.40 Å². The number of anilines is 1. The minimum atomic E-state index is -3.46. The Morgan fingerprint density at radius 3 is 2.92 bits per heavy atom. The van der Waals surface area contributed by atoms with Crippen LogP contribution >= 0.6 is 0 Å². The number of carbonyl (C=O) groups is 2. The van der Waals surface area contributed by atoms with E-state index in [0.29, 0.717) is 5.76 Å². The molecule has 0 radical (unpaired) electrons. The Hall–Kier alpha value is -2.95. The summed E-state index contributed by atoms with van der Waals surface area (Å²) in [6.45, 7) is 1.37. The molecular weight excluding hydrogens is 352 g/mol. The molecule has 0 unspecified atom stereocenters. The molecule has 0 atom stereocenters. The summed E-state index contributed by atoms with van der Waals surface area (Å²) >= 11 is 0. The normalized spacial score (nSPS) is 18.0. The van der Waals surface area contributed by atoms with Crippen LogP contribution in [0.1, 0.15) is 5.76 Å². The van der Waals surface area contributed by atoms with Crippen LogP contribution in [0.4, 0.5) is 5.82 Å². The van der Waals surface area contributed by atoms with Crippen LogP contribution in [0, 0.1) is 6.92 Å². The molecule has 3 heterocycles. The molecule has 2 aliphatic rings. The van der Waals surface area contributed by atoms with Gasteiger partial charge in [-0.2, -0.15) is 0 Å². The lowest BCUT2D eigenvalue weighted by Gasteiger charge is -2.26. The first-order valence-corrected chi connectivity index (χ1v) is 8.83. The van der Waals surface area contributed by atoms with E-state index in [1.165, 1.54) is 29.3 Å². The van der Waals surface area contributed by atoms with Gasteiger partial charge < -0.3 is 19.5 Å². The van der Waals surface area contributed by atoms with Crippen LogP contribution in [0.3, 0.4) is 0 Å². The third kappa shape index (κ3) is 4.12. The average molecular weight is 366 g/mol. The van der Waals surface area contributed by atoms with Crippen LogP contribution < -0.4 is 5.32 Å². The minimum absolute atomic E-state index is 0.136. The zero-order valence-corrected chi connectivity index (χ0v) is 13.9. The molecule has 132 valence electrons. The highest BCUT2D eigenvalue weighted by atomic mass is 32.2. The number of aryl methyl sites for hydroxylation is 1. The Labute approximate surface area is 142 Å². The van der Waals surface area contributed by atoms with E-state index in [9.17, 15) is 18.0 Å². The molecule has 25 heavy (non-hydrogen) atoms. The zero-order chi connectivity index (χ0) is 18.0. The number of fused-ring (bicyclic) bond motifs is 1. The van der Waals surface area contributed by atoms with Gasteiger partial charge in [-0.1, -0.05) is 5.16 Å². The van der Waals surface area contributed by atoms with Crippen molar-refractivity contribution in [1.82, 2.24) is 10.1 Å². The van der Waals surface area contributed by atoms with Gasteiger partial charge in [0.25, 0.3) is 15.9 Å². The summed E-state index contributed by atoms with van der Waals surface area (Å²) in [6.07, 6.45) is 4.23. The van der Waals surface area contributed by atoms with Crippen LogP contribution in [0.5, 0.6) is 0 Å². The first-order valence-electron chi connectivity index (χ1n) is 7.22. The van der Waals surface area contributed by atoms with Gasteiger partial charge in [0.1, 0.15) is 11.6 Å². The fourth-order valence-corrected chi connectivity index (χ4v) is 3.11. The lowest BCUT2D eigenvalue weighted by molar-refractivity contribution is -0.143. The molecule has 2 aliphatic heterocycles. The topological polar surface area (TPSA) is 131 Å². The second-order valence-electron chi connectivity index (χ2n) is 5.29. The van der Waals surface area contributed by atoms with Gasteiger partial charge in [0.15, 0.2) is 12.4 Å². The molecule has 1 aromatic rings. The quantitative estimate of drug-likeness (QED) is 0.735. The van der Waals surface area contributed by atoms with Gasteiger partial charge in [-0.05, 0) is 19.1 Å². The molecule has 0 saturated carbocycles. The molecule has 1 N–H and O–H groups in total. The number of hydrogen-bond donors (Lipinski definition) is 1. The maximum atomic E-state index is 12.0. The molecule has 1 aromatic heterocycles. The summed E-state index contributed by atoms with van der Waals surface area (Å²) in [5, 5.41) is 6.01. The van der Waals surface area contributed by atoms with Crippen LogP contribution in [0.2, 0.25) is 0 Å². The molecule has 0 aromatic carbocycles. The number of esters is 1. The molecule has 0 fully saturated rings. The Morgan fingerprint density at radius 2 is 2.20 bits per heavy atom. The van der Waals surface area contributed by atoms with E-state index in [0.717, 1.165) is 0 Å². The fraction of sp³-hybridized carbons (Fsp3) is 0.286. The second-order valence-corrected chi connectivity index (χ2v) is 7.05. The van der Waals surface area contributed by atoms with Crippen molar-refractivity contribution in [3.05, 3.63) is 35.8 Å². The van der Waals surface area contributed by atoms with Crippen molar-refractivity contribution in [3.8, 4) is 0 Å². The van der Waals surface area contributed by atoms with Gasteiger partial charge in [0.2, 0.25) is 0 Å². The van der Waals surface area contributed by atoms with Crippen molar-refractivity contribution in [1.29, 1.82) is 0 Å². The number of amidine groups is 1. The summed E-state index contributed by atoms with van der Waals surface area (Å²) in [5.74, 6) is -0.412. The molecule has 0 bridgehead atoms. The molecule has 0 aliphatic carbocycles. The fourth-order valence-electron chi connectivity index (χ4n) is 2.14. The zero-order valence-electron chi connectivity index (χ0n) is 13.1. The predicted octanol–water partition coefficient (Wildman–Crippen LogP) is -0.0377. The van der Waals surface area contributed by atoms with E-state index < -0.39 is 28.5 Å². The first kappa shape index (κ1) is 16.9. The van der Waals surface area contributed by atoms with Crippen LogP contribution in [0.25, 0.3) is 0 Å². The summed E-state index contributed by atoms with van der Waals surface area (Å²) in [5.41, 5.74) is 0.184. The third-order valence-electron chi connectivity index (χ3n) is 3.29. The van der Waals surface area contributed by atoms with Gasteiger partial charge >= 0.3 is 5.97 Å². The SMILES string of the molecule is Cc1cc(NC(=O)COC(=O)C2=CN3CCS(=O)(=O)N=C3C=C2)no1. The Balaban J connectivity index is 1.56. The van der Waals surface area contributed by atoms with Crippen molar-refractivity contribution in [3.63, 3.8) is 0 Å². The van der Waals surface area contributed by atoms with Crippen LogP contribution in [0.15, 0.2) is 38.9 Å². The molecule has 11 heteroatoms. The van der Waals surface area contributed by atoms with Gasteiger partial charge in [0, 0.05) is 18.8 Å². The summed E-state index contributed by atoms with van der Waals surface area (Å²) in [6, 6.07) is 1.53. The van der Waals surface area contributed by atoms with Crippen LogP contribution in [-0.2, 0) is 24.3 Å². The maximum absolute atomic E-state index is 12.0. The molecule has 3 rings (SSSR count). The van der Waals surface area contributed by atoms with Gasteiger partial charge in [-0.25, -0.2) is 13.2 Å². The number of sulfonamides is 1. The van der Waals surface area contributed by atoms with Crippen molar-refractivity contribution < 1.29 is 27.3 Å². The van der Waals surface area contributed by atoms with Gasteiger partial charge in [-0.3, -0.25) is 4.79 Å². The third-order valence-corrected chi connectivity index (χ3v) is 4.45. The Bertz CT molecular complexity index is 912. The van der Waals surface area contributed by atoms with E-state index in [1.54, 1.807) is 6.92 Å². The van der Waals surface area contributed by atoms with E-state index in [1.807, 2.05) is 0 Å². The van der Waals surface area contributed by atoms with E-state index in [-0.39, 0.29) is 29.5 Å². The van der Waals surface area contributed by atoms with E-state index in [4.69, 9.17) is 9.26 Å². The summed E-state index contributed by atoms with van der Waals surface area (Å²) in [7, 11) is -3.46. The van der Waals surface area contributed by atoms with Crippen LogP contribution in [-0.4, -0.2) is 55.1 Å². The van der Waals surface area contributed by atoms with E-state index >= 15 is 0 Å². The highest BCUT2D eigenvalue weighted by molar-refractivity contribution is 7.90. The van der Waals surface area contributed by atoms with E-state index in [2.05, 4.69) is 14.9 Å². The monoisotopic (exact) mass is 366 g/mol. The molecular formula is C14H14N4O6S. The Morgan fingerprint density at radius 1 is 1.40 bits per heavy atom. The summed E-state index contributed by atoms with van der Waals surface area (Å²) in [4.78, 5) is 25.3. The molecule has 0 spiro atoms. The minimum Gasteiger partial charge on any atom is -0.452 e. The van der Waals surface area contributed by atoms with Crippen molar-refractivity contribution >= 4 is 33.6 Å². The highest BCUT2D eigenvalue weighted by Gasteiger charge is 2.25. The van der Waals surface area contributed by atoms with Gasteiger partial charge in [0.05, 0.1) is 11.3 Å². The summed E-state index contributed by atoms with van der Waals surface area (Å²) < 4.78 is 36.2. The van der Waals surface area contributed by atoms with Crippen molar-refractivity contribution in [2.45, 2.75) is 6.92 Å². The van der Waals surface area contributed by atoms with Crippen molar-refractivity contribution in [2.75, 3.05) is 24.2 Å². The largest absolute Gasteiger partial charge is 0.452 e. The standard InChI is InChI=1S/C14H14N4O6S/c1-9-6-11(16-24-9)15-13(19)8-23-14(20)10-2-3-12-17-25(21,22)5-4-18(12)7-10/h2-3,6-7H,4-5,8H2,1H3,(H,15,16,19). The molecule has 0 saturated heterocycles. The molecule has 1 amide bonds. The number of amides is 1. The molecule has 10 nitrogen and oxygen atoms in total. The number of nitrogens with zero attached hydrogens (tertiary/aromatic N) is 3. The Kier molecular flexibility index (Phi) is 4.40. The smallest absolute Gasteiger partial charge is 0.340 e. The highest BCUT2D eigenvalue weighted by Crippen LogP contribution is 2.16. The predicted molar refractivity (Wildman–Crippen MR) is 86.0 cm³/mol.